The molecule has 4 rings (SSSR count). The molecule has 3 aromatic rings. The first-order valence-electron chi connectivity index (χ1n) is 11.4. The smallest absolute Gasteiger partial charge is 0.305 e. The predicted octanol–water partition coefficient (Wildman–Crippen LogP) is 5.55. The van der Waals surface area contributed by atoms with Crippen molar-refractivity contribution in [2.75, 3.05) is 13.1 Å². The van der Waals surface area contributed by atoms with Gasteiger partial charge < -0.3 is 14.7 Å². The number of fused-ring (bicyclic) bond motifs is 1. The van der Waals surface area contributed by atoms with E-state index in [-0.39, 0.29) is 24.5 Å². The molecule has 1 amide bonds. The van der Waals surface area contributed by atoms with Crippen LogP contribution in [0.4, 0.5) is 0 Å². The van der Waals surface area contributed by atoms with Gasteiger partial charge in [-0.25, -0.2) is 0 Å². The van der Waals surface area contributed by atoms with Gasteiger partial charge in [0.1, 0.15) is 11.4 Å². The van der Waals surface area contributed by atoms with E-state index in [0.29, 0.717) is 24.9 Å². The molecule has 0 spiro atoms. The number of carbonyl (C=O) groups is 2. The molecule has 0 saturated heterocycles. The number of rotatable bonds is 9. The lowest BCUT2D eigenvalue weighted by Crippen LogP contribution is -2.35. The molecule has 0 aliphatic carbocycles. The fourth-order valence-electron chi connectivity index (χ4n) is 4.42. The van der Waals surface area contributed by atoms with Crippen LogP contribution in [0.1, 0.15) is 40.4 Å². The van der Waals surface area contributed by atoms with E-state index in [4.69, 9.17) is 9.84 Å². The Morgan fingerprint density at radius 1 is 1.00 bits per heavy atom. The summed E-state index contributed by atoms with van der Waals surface area (Å²) >= 11 is 3.47. The number of hydrogen-bond acceptors (Lipinski definition) is 3. The molecule has 1 heterocycles. The van der Waals surface area contributed by atoms with Gasteiger partial charge in [0.2, 0.25) is 0 Å². The van der Waals surface area contributed by atoms with E-state index in [9.17, 15) is 9.59 Å². The van der Waals surface area contributed by atoms with E-state index in [1.165, 1.54) is 5.56 Å². The van der Waals surface area contributed by atoms with Crippen LogP contribution in [0.3, 0.4) is 0 Å². The van der Waals surface area contributed by atoms with E-state index >= 15 is 0 Å². The number of aliphatic carboxylic acids is 1. The quantitative estimate of drug-likeness (QED) is 0.401. The summed E-state index contributed by atoms with van der Waals surface area (Å²) in [6.07, 6.45) is 2.06. The van der Waals surface area contributed by atoms with E-state index < -0.39 is 5.97 Å². The molecule has 0 bridgehead atoms. The van der Waals surface area contributed by atoms with Crippen molar-refractivity contribution in [1.29, 1.82) is 0 Å². The van der Waals surface area contributed by atoms with Gasteiger partial charge in [0, 0.05) is 36.0 Å². The first kappa shape index (κ1) is 24.0. The number of carboxylic acid groups (broad SMARTS) is 1. The van der Waals surface area contributed by atoms with Crippen LogP contribution >= 0.6 is 15.9 Å². The lowest BCUT2D eigenvalue weighted by molar-refractivity contribution is -0.137. The van der Waals surface area contributed by atoms with Crippen LogP contribution < -0.4 is 4.74 Å². The molecule has 34 heavy (non-hydrogen) atoms. The number of amides is 1. The summed E-state index contributed by atoms with van der Waals surface area (Å²) in [6.45, 7) is 2.73. The van der Waals surface area contributed by atoms with Gasteiger partial charge in [-0.2, -0.15) is 0 Å². The Kier molecular flexibility index (Phi) is 7.37. The van der Waals surface area contributed by atoms with E-state index in [2.05, 4.69) is 35.0 Å². The second-order valence-electron chi connectivity index (χ2n) is 9.03. The third kappa shape index (κ3) is 6.06. The van der Waals surface area contributed by atoms with Crippen molar-refractivity contribution in [2.45, 2.75) is 38.2 Å². The number of halogens is 1. The van der Waals surface area contributed by atoms with Gasteiger partial charge in [-0.1, -0.05) is 58.4 Å². The van der Waals surface area contributed by atoms with Crippen LogP contribution in [-0.2, 0) is 24.1 Å². The summed E-state index contributed by atoms with van der Waals surface area (Å²) in [7, 11) is 0. The van der Waals surface area contributed by atoms with Gasteiger partial charge in [-0.05, 0) is 60.4 Å². The molecule has 176 valence electrons. The van der Waals surface area contributed by atoms with Crippen LogP contribution in [-0.4, -0.2) is 40.6 Å². The molecule has 6 heteroatoms. The number of carbonyl (C=O) groups excluding carboxylic acids is 1. The summed E-state index contributed by atoms with van der Waals surface area (Å²) in [5.41, 5.74) is 3.49. The molecular weight excluding hydrogens is 494 g/mol. The van der Waals surface area contributed by atoms with Gasteiger partial charge in [0.25, 0.3) is 5.91 Å². The third-order valence-electron chi connectivity index (χ3n) is 6.12. The summed E-state index contributed by atoms with van der Waals surface area (Å²) in [5, 5.41) is 9.16. The van der Waals surface area contributed by atoms with Crippen molar-refractivity contribution in [3.05, 3.63) is 99.5 Å². The minimum absolute atomic E-state index is 0.0835. The van der Waals surface area contributed by atoms with Crippen LogP contribution in [0.5, 0.6) is 5.75 Å². The zero-order valence-corrected chi connectivity index (χ0v) is 20.8. The second-order valence-corrected chi connectivity index (χ2v) is 9.94. The van der Waals surface area contributed by atoms with Crippen molar-refractivity contribution in [3.8, 4) is 5.75 Å². The van der Waals surface area contributed by atoms with Gasteiger partial charge in [0.05, 0.1) is 6.42 Å². The Morgan fingerprint density at radius 2 is 1.74 bits per heavy atom. The van der Waals surface area contributed by atoms with Gasteiger partial charge in [-0.3, -0.25) is 9.59 Å². The maximum Gasteiger partial charge on any atom is 0.305 e. The number of hydrogen-bond donors (Lipinski definition) is 1. The van der Waals surface area contributed by atoms with Crippen LogP contribution in [0.15, 0.2) is 77.3 Å². The topological polar surface area (TPSA) is 66.8 Å². The molecular formula is C28H28BrNO4. The summed E-state index contributed by atoms with van der Waals surface area (Å²) in [5.74, 6) is -0.261. The maximum atomic E-state index is 13.4. The van der Waals surface area contributed by atoms with Crippen molar-refractivity contribution >= 4 is 27.8 Å². The Bertz CT molecular complexity index is 1160. The average Bonchev–Trinajstić information content (AvgIpc) is 3.15. The molecule has 1 aliphatic rings. The zero-order valence-electron chi connectivity index (χ0n) is 19.2. The highest BCUT2D eigenvalue weighted by molar-refractivity contribution is 9.10. The molecule has 1 atom stereocenters. The highest BCUT2D eigenvalue weighted by atomic mass is 79.9. The zero-order chi connectivity index (χ0) is 24.1. The van der Waals surface area contributed by atoms with E-state index in [1.807, 2.05) is 54.6 Å². The largest absolute Gasteiger partial charge is 0.487 e. The van der Waals surface area contributed by atoms with Gasteiger partial charge in [0.15, 0.2) is 0 Å². The Labute approximate surface area is 208 Å². The van der Waals surface area contributed by atoms with Gasteiger partial charge >= 0.3 is 5.97 Å². The summed E-state index contributed by atoms with van der Waals surface area (Å²) in [4.78, 5) is 26.2. The second kappa shape index (κ2) is 10.4. The van der Waals surface area contributed by atoms with E-state index in [1.54, 1.807) is 11.0 Å². The molecule has 0 saturated carbocycles. The highest BCUT2D eigenvalue weighted by Crippen LogP contribution is 2.37. The molecule has 0 aromatic heterocycles. The van der Waals surface area contributed by atoms with Crippen molar-refractivity contribution in [1.82, 2.24) is 4.90 Å². The minimum Gasteiger partial charge on any atom is -0.487 e. The van der Waals surface area contributed by atoms with Gasteiger partial charge in [-0.15, -0.1) is 0 Å². The SMILES string of the molecule is CC1(Cc2ccc(Br)cc2)Cc2cc(C(=O)N(CCC(=O)O)CCc3ccccc3)ccc2O1. The molecule has 0 fully saturated rings. The predicted molar refractivity (Wildman–Crippen MR) is 135 cm³/mol. The van der Waals surface area contributed by atoms with Crippen LogP contribution in [0, 0.1) is 0 Å². The monoisotopic (exact) mass is 521 g/mol. The fraction of sp³-hybridized carbons (Fsp3) is 0.286. The number of ether oxygens (including phenoxy) is 1. The Morgan fingerprint density at radius 3 is 2.44 bits per heavy atom. The molecule has 1 N–H and O–H groups in total. The molecule has 1 aliphatic heterocycles. The lowest BCUT2D eigenvalue weighted by atomic mass is 9.91. The highest BCUT2D eigenvalue weighted by Gasteiger charge is 2.35. The third-order valence-corrected chi connectivity index (χ3v) is 6.64. The molecule has 3 aromatic carbocycles. The lowest BCUT2D eigenvalue weighted by Gasteiger charge is -2.24. The van der Waals surface area contributed by atoms with Crippen molar-refractivity contribution in [3.63, 3.8) is 0 Å². The fourth-order valence-corrected chi connectivity index (χ4v) is 4.69. The first-order valence-corrected chi connectivity index (χ1v) is 12.2. The van der Waals surface area contributed by atoms with Crippen LogP contribution in [0.2, 0.25) is 0 Å². The van der Waals surface area contributed by atoms with Crippen molar-refractivity contribution in [2.24, 2.45) is 0 Å². The molecule has 0 radical (unpaired) electrons. The average molecular weight is 522 g/mol. The molecule has 1 unspecified atom stereocenters. The Balaban J connectivity index is 1.47. The normalized spacial score (nSPS) is 16.5. The first-order chi connectivity index (χ1) is 16.3. The van der Waals surface area contributed by atoms with Crippen LogP contribution in [0.25, 0.3) is 0 Å². The number of benzene rings is 3. The minimum atomic E-state index is -0.913. The standard InChI is InChI=1S/C28H28BrNO4/c1-28(18-21-7-10-24(29)11-8-21)19-23-17-22(9-12-25(23)34-28)27(33)30(16-14-26(31)32)15-13-20-5-3-2-4-6-20/h2-12,17H,13-16,18-19H2,1H3,(H,31,32). The number of carboxylic acids is 1. The summed E-state index contributed by atoms with van der Waals surface area (Å²) in [6, 6.07) is 23.7. The van der Waals surface area contributed by atoms with E-state index in [0.717, 1.165) is 27.8 Å². The summed E-state index contributed by atoms with van der Waals surface area (Å²) < 4.78 is 7.34. The number of nitrogens with zero attached hydrogens (tertiary/aromatic N) is 1. The Hall–Kier alpha value is -3.12. The van der Waals surface area contributed by atoms with Crippen molar-refractivity contribution < 1.29 is 19.4 Å². The maximum absolute atomic E-state index is 13.4. The molecule has 5 nitrogen and oxygen atoms in total.